The van der Waals surface area contributed by atoms with E-state index in [4.69, 9.17) is 0 Å². The van der Waals surface area contributed by atoms with Crippen molar-refractivity contribution in [3.8, 4) is 0 Å². The second-order valence-electron chi connectivity index (χ2n) is 5.29. The summed E-state index contributed by atoms with van der Waals surface area (Å²) in [5, 5.41) is 7.20. The first kappa shape index (κ1) is 15.0. The summed E-state index contributed by atoms with van der Waals surface area (Å²) in [7, 11) is 0. The molecule has 0 radical (unpaired) electrons. The molecule has 1 amide bonds. The lowest BCUT2D eigenvalue weighted by Crippen LogP contribution is -2.13. The first-order chi connectivity index (χ1) is 11.3. The molecule has 0 saturated heterocycles. The van der Waals surface area contributed by atoms with E-state index in [1.54, 1.807) is 17.1 Å². The number of nitrogens with one attached hydrogen (secondary N) is 1. The average molecular weight is 306 g/mol. The third-order valence-electron chi connectivity index (χ3n) is 3.49. The van der Waals surface area contributed by atoms with E-state index in [-0.39, 0.29) is 5.91 Å². The maximum absolute atomic E-state index is 12.0. The number of aromatic nitrogens is 3. The monoisotopic (exact) mass is 306 g/mol. The number of amides is 1. The van der Waals surface area contributed by atoms with Crippen molar-refractivity contribution in [3.63, 3.8) is 0 Å². The topological polar surface area (TPSA) is 59.8 Å². The Morgan fingerprint density at radius 3 is 2.57 bits per heavy atom. The predicted molar refractivity (Wildman–Crippen MR) is 89.0 cm³/mol. The summed E-state index contributed by atoms with van der Waals surface area (Å²) in [4.78, 5) is 16.0. The van der Waals surface area contributed by atoms with Gasteiger partial charge in [0.2, 0.25) is 5.91 Å². The Balaban J connectivity index is 1.51. The molecule has 0 atom stereocenters. The molecule has 2 heterocycles. The smallest absolute Gasteiger partial charge is 0.225 e. The number of carbonyl (C=O) groups excluding carboxylic acids is 1. The summed E-state index contributed by atoms with van der Waals surface area (Å²) in [6, 6.07) is 15.7. The Morgan fingerprint density at radius 1 is 1.00 bits per heavy atom. The van der Waals surface area contributed by atoms with Crippen molar-refractivity contribution in [2.45, 2.75) is 19.4 Å². The highest BCUT2D eigenvalue weighted by molar-refractivity contribution is 5.89. The maximum Gasteiger partial charge on any atom is 0.225 e. The molecule has 0 unspecified atom stereocenters. The third-order valence-corrected chi connectivity index (χ3v) is 3.49. The highest BCUT2D eigenvalue weighted by atomic mass is 16.1. The van der Waals surface area contributed by atoms with Crippen molar-refractivity contribution in [1.29, 1.82) is 0 Å². The molecule has 0 bridgehead atoms. The Kier molecular flexibility index (Phi) is 4.79. The lowest BCUT2D eigenvalue weighted by molar-refractivity contribution is -0.116. The fraction of sp³-hybridized carbons (Fsp3) is 0.167. The number of aryl methyl sites for hydroxylation is 1. The molecule has 0 aliphatic rings. The van der Waals surface area contributed by atoms with Crippen LogP contribution in [0.25, 0.3) is 0 Å². The van der Waals surface area contributed by atoms with Crippen LogP contribution < -0.4 is 5.32 Å². The van der Waals surface area contributed by atoms with E-state index < -0.39 is 0 Å². The van der Waals surface area contributed by atoms with Gasteiger partial charge >= 0.3 is 0 Å². The van der Waals surface area contributed by atoms with E-state index in [1.165, 1.54) is 0 Å². The minimum atomic E-state index is -0.0250. The fourth-order valence-electron chi connectivity index (χ4n) is 2.30. The van der Waals surface area contributed by atoms with Crippen LogP contribution in [0.3, 0.4) is 0 Å². The molecular weight excluding hydrogens is 288 g/mol. The number of hydrogen-bond donors (Lipinski definition) is 1. The van der Waals surface area contributed by atoms with Gasteiger partial charge in [0.05, 0.1) is 6.54 Å². The molecule has 5 heteroatoms. The molecule has 0 aliphatic carbocycles. The van der Waals surface area contributed by atoms with Crippen molar-refractivity contribution in [2.75, 3.05) is 5.32 Å². The zero-order chi connectivity index (χ0) is 15.9. The van der Waals surface area contributed by atoms with Crippen LogP contribution in [0.2, 0.25) is 0 Å². The van der Waals surface area contributed by atoms with Crippen LogP contribution in [0.4, 0.5) is 5.82 Å². The van der Waals surface area contributed by atoms with E-state index in [0.29, 0.717) is 18.8 Å². The largest absolute Gasteiger partial charge is 0.309 e. The van der Waals surface area contributed by atoms with Gasteiger partial charge in [0.15, 0.2) is 5.82 Å². The molecule has 0 aliphatic heterocycles. The molecule has 5 nitrogen and oxygen atoms in total. The lowest BCUT2D eigenvalue weighted by Gasteiger charge is -2.03. The van der Waals surface area contributed by atoms with Crippen LogP contribution in [0.15, 0.2) is 67.1 Å². The minimum absolute atomic E-state index is 0.0250. The predicted octanol–water partition coefficient (Wildman–Crippen LogP) is 2.90. The standard InChI is InChI=1S/C18H18N4O/c23-18(7-6-15-4-2-1-3-5-15)20-17-10-13-22(21-17)14-16-8-11-19-12-9-16/h1-5,8-13H,6-7,14H2,(H,20,21,23). The molecule has 23 heavy (non-hydrogen) atoms. The summed E-state index contributed by atoms with van der Waals surface area (Å²) in [6.45, 7) is 0.655. The van der Waals surface area contributed by atoms with Gasteiger partial charge < -0.3 is 5.32 Å². The first-order valence-corrected chi connectivity index (χ1v) is 7.56. The second kappa shape index (κ2) is 7.35. The van der Waals surface area contributed by atoms with Crippen molar-refractivity contribution in [3.05, 3.63) is 78.2 Å². The number of rotatable bonds is 6. The third kappa shape index (κ3) is 4.51. The second-order valence-corrected chi connectivity index (χ2v) is 5.29. The molecule has 0 saturated carbocycles. The summed E-state index contributed by atoms with van der Waals surface area (Å²) in [5.41, 5.74) is 2.27. The Hall–Kier alpha value is -2.95. The zero-order valence-corrected chi connectivity index (χ0v) is 12.7. The van der Waals surface area contributed by atoms with Crippen molar-refractivity contribution >= 4 is 11.7 Å². The average Bonchev–Trinajstić information content (AvgIpc) is 3.02. The van der Waals surface area contributed by atoms with E-state index in [2.05, 4.69) is 15.4 Å². The van der Waals surface area contributed by atoms with E-state index in [1.807, 2.05) is 54.7 Å². The Morgan fingerprint density at radius 2 is 1.78 bits per heavy atom. The van der Waals surface area contributed by atoms with Crippen LogP contribution in [0.5, 0.6) is 0 Å². The van der Waals surface area contributed by atoms with Crippen LogP contribution in [0, 0.1) is 0 Å². The summed E-state index contributed by atoms with van der Waals surface area (Å²) < 4.78 is 1.79. The van der Waals surface area contributed by atoms with Crippen LogP contribution in [-0.4, -0.2) is 20.7 Å². The number of anilines is 1. The molecule has 0 spiro atoms. The van der Waals surface area contributed by atoms with Crippen LogP contribution >= 0.6 is 0 Å². The number of hydrogen-bond acceptors (Lipinski definition) is 3. The van der Waals surface area contributed by atoms with Crippen LogP contribution in [-0.2, 0) is 17.8 Å². The molecule has 1 N–H and O–H groups in total. The number of benzene rings is 1. The molecule has 3 rings (SSSR count). The van der Waals surface area contributed by atoms with E-state index >= 15 is 0 Å². The van der Waals surface area contributed by atoms with E-state index in [9.17, 15) is 4.79 Å². The van der Waals surface area contributed by atoms with Crippen molar-refractivity contribution < 1.29 is 4.79 Å². The van der Waals surface area contributed by atoms with Gasteiger partial charge in [-0.05, 0) is 29.7 Å². The van der Waals surface area contributed by atoms with Crippen molar-refractivity contribution in [2.24, 2.45) is 0 Å². The number of carbonyl (C=O) groups is 1. The Labute approximate surface area is 135 Å². The molecule has 3 aromatic rings. The summed E-state index contributed by atoms with van der Waals surface area (Å²) in [6.07, 6.45) is 6.54. The van der Waals surface area contributed by atoms with Gasteiger partial charge in [0.1, 0.15) is 0 Å². The maximum atomic E-state index is 12.0. The van der Waals surface area contributed by atoms with E-state index in [0.717, 1.165) is 17.5 Å². The van der Waals surface area contributed by atoms with Crippen LogP contribution in [0.1, 0.15) is 17.5 Å². The Bertz CT molecular complexity index is 753. The lowest BCUT2D eigenvalue weighted by atomic mass is 10.1. The normalized spacial score (nSPS) is 10.4. The highest BCUT2D eigenvalue weighted by Gasteiger charge is 2.06. The molecule has 116 valence electrons. The minimum Gasteiger partial charge on any atom is -0.309 e. The van der Waals surface area contributed by atoms with Gasteiger partial charge in [0, 0.05) is 31.1 Å². The van der Waals surface area contributed by atoms with Gasteiger partial charge in [-0.15, -0.1) is 0 Å². The number of pyridine rings is 1. The quantitative estimate of drug-likeness (QED) is 0.762. The van der Waals surface area contributed by atoms with Gasteiger partial charge in [0.25, 0.3) is 0 Å². The summed E-state index contributed by atoms with van der Waals surface area (Å²) in [5.74, 6) is 0.556. The van der Waals surface area contributed by atoms with Gasteiger partial charge in [-0.3, -0.25) is 14.5 Å². The first-order valence-electron chi connectivity index (χ1n) is 7.56. The molecule has 0 fully saturated rings. The SMILES string of the molecule is O=C(CCc1ccccc1)Nc1ccn(Cc2ccncc2)n1. The fourth-order valence-corrected chi connectivity index (χ4v) is 2.30. The van der Waals surface area contributed by atoms with Gasteiger partial charge in [-0.25, -0.2) is 0 Å². The molecule has 2 aromatic heterocycles. The van der Waals surface area contributed by atoms with Gasteiger partial charge in [-0.1, -0.05) is 30.3 Å². The van der Waals surface area contributed by atoms with Gasteiger partial charge in [-0.2, -0.15) is 5.10 Å². The molecular formula is C18H18N4O. The molecule has 1 aromatic carbocycles. The highest BCUT2D eigenvalue weighted by Crippen LogP contribution is 2.08. The van der Waals surface area contributed by atoms with Crippen molar-refractivity contribution in [1.82, 2.24) is 14.8 Å². The number of nitrogens with zero attached hydrogens (tertiary/aromatic N) is 3. The zero-order valence-electron chi connectivity index (χ0n) is 12.7. The summed E-state index contributed by atoms with van der Waals surface area (Å²) >= 11 is 0.